The zero-order valence-corrected chi connectivity index (χ0v) is 15.7. The Labute approximate surface area is 144 Å². The lowest BCUT2D eigenvalue weighted by atomic mass is 9.89. The first-order valence-corrected chi connectivity index (χ1v) is 10.0. The molecule has 1 unspecified atom stereocenters. The Morgan fingerprint density at radius 2 is 1.22 bits per heavy atom. The van der Waals surface area contributed by atoms with Gasteiger partial charge in [-0.15, -0.1) is 0 Å². The van der Waals surface area contributed by atoms with Crippen molar-refractivity contribution in [2.75, 3.05) is 0 Å². The van der Waals surface area contributed by atoms with Gasteiger partial charge in [0.05, 0.1) is 0 Å². The van der Waals surface area contributed by atoms with Crippen molar-refractivity contribution < 1.29 is 9.90 Å². The number of rotatable bonds is 17. The largest absolute Gasteiger partial charge is 0.478 e. The highest BCUT2D eigenvalue weighted by atomic mass is 16.4. The average Bonchev–Trinajstić information content (AvgIpc) is 2.54. The van der Waals surface area contributed by atoms with Crippen LogP contribution in [0.1, 0.15) is 110 Å². The number of carbonyl (C=O) groups is 1. The molecule has 0 saturated carbocycles. The molecule has 1 N–H and O–H groups in total. The van der Waals surface area contributed by atoms with E-state index < -0.39 is 5.97 Å². The third kappa shape index (κ3) is 14.5. The van der Waals surface area contributed by atoms with Crippen LogP contribution >= 0.6 is 0 Å². The second kappa shape index (κ2) is 16.1. The summed E-state index contributed by atoms with van der Waals surface area (Å²) < 4.78 is 0. The highest BCUT2D eigenvalue weighted by molar-refractivity contribution is 5.85. The monoisotopic (exact) mass is 324 g/mol. The normalized spacial score (nSPS) is 12.3. The summed E-state index contributed by atoms with van der Waals surface area (Å²) >= 11 is 0. The molecule has 0 fully saturated rings. The van der Waals surface area contributed by atoms with E-state index in [0.717, 1.165) is 6.42 Å². The molecule has 0 heterocycles. The van der Waals surface area contributed by atoms with Crippen LogP contribution in [0.4, 0.5) is 0 Å². The van der Waals surface area contributed by atoms with E-state index in [-0.39, 0.29) is 0 Å². The van der Waals surface area contributed by atoms with Crippen LogP contribution in [0.25, 0.3) is 0 Å². The summed E-state index contributed by atoms with van der Waals surface area (Å²) in [5.41, 5.74) is 0.376. The number of unbranched alkanes of at least 4 members (excludes halogenated alkanes) is 9. The lowest BCUT2D eigenvalue weighted by Crippen LogP contribution is -2.05. The first-order valence-electron chi connectivity index (χ1n) is 10.0. The average molecular weight is 325 g/mol. The highest BCUT2D eigenvalue weighted by Crippen LogP contribution is 2.24. The fourth-order valence-electron chi connectivity index (χ4n) is 3.17. The molecule has 2 nitrogen and oxygen atoms in total. The second-order valence-electron chi connectivity index (χ2n) is 7.07. The molecule has 0 bridgehead atoms. The Kier molecular flexibility index (Phi) is 15.5. The first-order chi connectivity index (χ1) is 11.1. The molecule has 0 amide bonds. The Bertz CT molecular complexity index is 296. The zero-order chi connectivity index (χ0) is 17.3. The van der Waals surface area contributed by atoms with Crippen LogP contribution in [-0.2, 0) is 4.79 Å². The van der Waals surface area contributed by atoms with Gasteiger partial charge in [-0.1, -0.05) is 104 Å². The van der Waals surface area contributed by atoms with Crippen molar-refractivity contribution in [1.29, 1.82) is 0 Å². The number of aliphatic carboxylic acids is 1. The van der Waals surface area contributed by atoms with E-state index in [4.69, 9.17) is 5.11 Å². The van der Waals surface area contributed by atoms with Gasteiger partial charge in [-0.05, 0) is 18.8 Å². The van der Waals surface area contributed by atoms with Gasteiger partial charge in [-0.3, -0.25) is 0 Å². The van der Waals surface area contributed by atoms with Crippen LogP contribution < -0.4 is 0 Å². The summed E-state index contributed by atoms with van der Waals surface area (Å²) in [6.45, 7) is 8.17. The molecule has 0 aromatic heterocycles. The summed E-state index contributed by atoms with van der Waals surface area (Å²) in [6, 6.07) is 0. The topological polar surface area (TPSA) is 37.3 Å². The van der Waals surface area contributed by atoms with Gasteiger partial charge in [0.25, 0.3) is 0 Å². The Morgan fingerprint density at radius 3 is 1.74 bits per heavy atom. The van der Waals surface area contributed by atoms with Gasteiger partial charge in [0.1, 0.15) is 0 Å². The fraction of sp³-hybridized carbons (Fsp3) is 0.857. The smallest absolute Gasteiger partial charge is 0.330 e. The summed E-state index contributed by atoms with van der Waals surface area (Å²) in [4.78, 5) is 10.9. The Balaban J connectivity index is 3.82. The maximum Gasteiger partial charge on any atom is 0.330 e. The third-order valence-corrected chi connectivity index (χ3v) is 4.84. The molecule has 0 aliphatic rings. The standard InChI is InChI=1S/C21H40O2/c1-4-6-8-9-10-11-12-14-16-20(15-13-7-5-2)18-17-19(3)21(22)23/h20H,3-18H2,1-2H3,(H,22,23). The summed E-state index contributed by atoms with van der Waals surface area (Å²) in [6.07, 6.45) is 18.9. The van der Waals surface area contributed by atoms with E-state index >= 15 is 0 Å². The van der Waals surface area contributed by atoms with Gasteiger partial charge in [-0.2, -0.15) is 0 Å². The van der Waals surface area contributed by atoms with Gasteiger partial charge in [0, 0.05) is 5.57 Å². The van der Waals surface area contributed by atoms with Crippen molar-refractivity contribution in [2.45, 2.75) is 110 Å². The van der Waals surface area contributed by atoms with Crippen LogP contribution in [0.5, 0.6) is 0 Å². The molecular formula is C21H40O2. The van der Waals surface area contributed by atoms with Crippen molar-refractivity contribution in [3.8, 4) is 0 Å². The van der Waals surface area contributed by atoms with Crippen LogP contribution in [0.15, 0.2) is 12.2 Å². The molecule has 136 valence electrons. The van der Waals surface area contributed by atoms with E-state index in [1.165, 1.54) is 83.5 Å². The van der Waals surface area contributed by atoms with E-state index in [1.54, 1.807) is 0 Å². The van der Waals surface area contributed by atoms with E-state index in [1.807, 2.05) is 0 Å². The van der Waals surface area contributed by atoms with Crippen molar-refractivity contribution in [1.82, 2.24) is 0 Å². The second-order valence-corrected chi connectivity index (χ2v) is 7.07. The van der Waals surface area contributed by atoms with Crippen molar-refractivity contribution in [2.24, 2.45) is 5.92 Å². The molecule has 23 heavy (non-hydrogen) atoms. The van der Waals surface area contributed by atoms with Crippen molar-refractivity contribution in [3.63, 3.8) is 0 Å². The molecule has 0 aliphatic carbocycles. The van der Waals surface area contributed by atoms with Crippen LogP contribution in [-0.4, -0.2) is 11.1 Å². The highest BCUT2D eigenvalue weighted by Gasteiger charge is 2.11. The number of hydrogen-bond acceptors (Lipinski definition) is 1. The van der Waals surface area contributed by atoms with Gasteiger partial charge < -0.3 is 5.11 Å². The maximum absolute atomic E-state index is 10.9. The predicted molar refractivity (Wildman–Crippen MR) is 101 cm³/mol. The van der Waals surface area contributed by atoms with Crippen molar-refractivity contribution in [3.05, 3.63) is 12.2 Å². The van der Waals surface area contributed by atoms with E-state index in [2.05, 4.69) is 20.4 Å². The lowest BCUT2D eigenvalue weighted by molar-refractivity contribution is -0.132. The van der Waals surface area contributed by atoms with Gasteiger partial charge in [-0.25, -0.2) is 4.79 Å². The molecule has 0 saturated heterocycles. The Morgan fingerprint density at radius 1 is 0.783 bits per heavy atom. The van der Waals surface area contributed by atoms with E-state index in [9.17, 15) is 4.79 Å². The molecule has 0 spiro atoms. The van der Waals surface area contributed by atoms with Gasteiger partial charge >= 0.3 is 5.97 Å². The molecule has 0 aliphatic heterocycles. The maximum atomic E-state index is 10.9. The zero-order valence-electron chi connectivity index (χ0n) is 15.7. The molecule has 2 heteroatoms. The number of hydrogen-bond donors (Lipinski definition) is 1. The summed E-state index contributed by atoms with van der Waals surface area (Å²) in [5, 5.41) is 8.94. The lowest BCUT2D eigenvalue weighted by Gasteiger charge is -2.17. The van der Waals surface area contributed by atoms with Crippen LogP contribution in [0, 0.1) is 5.92 Å². The van der Waals surface area contributed by atoms with E-state index in [0.29, 0.717) is 17.9 Å². The quantitative estimate of drug-likeness (QED) is 0.228. The van der Waals surface area contributed by atoms with Crippen LogP contribution in [0.2, 0.25) is 0 Å². The molecular weight excluding hydrogens is 284 g/mol. The number of carboxylic acid groups (broad SMARTS) is 1. The first kappa shape index (κ1) is 22.2. The van der Waals surface area contributed by atoms with Gasteiger partial charge in [0.15, 0.2) is 0 Å². The third-order valence-electron chi connectivity index (χ3n) is 4.84. The van der Waals surface area contributed by atoms with Crippen LogP contribution in [0.3, 0.4) is 0 Å². The molecule has 0 radical (unpaired) electrons. The molecule has 1 atom stereocenters. The summed E-state index contributed by atoms with van der Waals surface area (Å²) in [7, 11) is 0. The molecule has 0 rings (SSSR count). The fourth-order valence-corrected chi connectivity index (χ4v) is 3.17. The minimum Gasteiger partial charge on any atom is -0.478 e. The van der Waals surface area contributed by atoms with Crippen molar-refractivity contribution >= 4 is 5.97 Å². The minimum atomic E-state index is -0.829. The number of carboxylic acids is 1. The summed E-state index contributed by atoms with van der Waals surface area (Å²) in [5.74, 6) is -0.137. The Hall–Kier alpha value is -0.790. The van der Waals surface area contributed by atoms with Gasteiger partial charge in [0.2, 0.25) is 0 Å². The molecule has 0 aromatic rings. The SMILES string of the molecule is C=C(CCC(CCCCC)CCCCCCCCCC)C(=O)O. The molecule has 0 aromatic carbocycles. The predicted octanol–water partition coefficient (Wildman–Crippen LogP) is 7.13. The minimum absolute atomic E-state index is 0.376.